The number of hydrogen-bond donors (Lipinski definition) is 1. The van der Waals surface area contributed by atoms with Crippen molar-refractivity contribution < 1.29 is 14.3 Å². The van der Waals surface area contributed by atoms with Crippen LogP contribution in [0.3, 0.4) is 0 Å². The van der Waals surface area contributed by atoms with E-state index in [-0.39, 0.29) is 23.3 Å². The maximum Gasteiger partial charge on any atom is 0.290 e. The zero-order valence-electron chi connectivity index (χ0n) is 15.1. The molecule has 7 nitrogen and oxygen atoms in total. The van der Waals surface area contributed by atoms with Crippen LogP contribution in [0.5, 0.6) is 0 Å². The van der Waals surface area contributed by atoms with Crippen LogP contribution in [0.15, 0.2) is 48.7 Å². The zero-order valence-corrected chi connectivity index (χ0v) is 15.9. The van der Waals surface area contributed by atoms with Gasteiger partial charge in [0.05, 0.1) is 18.7 Å². The van der Waals surface area contributed by atoms with E-state index in [0.717, 1.165) is 5.56 Å². The molecule has 1 aliphatic heterocycles. The first-order valence-corrected chi connectivity index (χ1v) is 9.38. The molecule has 1 aromatic carbocycles. The van der Waals surface area contributed by atoms with Crippen LogP contribution in [0.1, 0.15) is 26.7 Å². The van der Waals surface area contributed by atoms with Crippen molar-refractivity contribution in [2.75, 3.05) is 26.3 Å². The number of pyridine rings is 1. The van der Waals surface area contributed by atoms with Crippen molar-refractivity contribution in [2.24, 2.45) is 0 Å². The van der Waals surface area contributed by atoms with Gasteiger partial charge in [0, 0.05) is 30.9 Å². The molecule has 0 atom stereocenters. The van der Waals surface area contributed by atoms with Crippen molar-refractivity contribution in [1.82, 2.24) is 19.6 Å². The van der Waals surface area contributed by atoms with Crippen LogP contribution in [0.4, 0.5) is 0 Å². The second-order valence-electron chi connectivity index (χ2n) is 6.45. The van der Waals surface area contributed by atoms with Gasteiger partial charge in [-0.25, -0.2) is 4.98 Å². The SMILES string of the molecule is O=C(NCc1ccc(Cl)cc1)c1nc(C(=O)N2CCOCC2)n2ccccc12. The van der Waals surface area contributed by atoms with Gasteiger partial charge in [-0.2, -0.15) is 0 Å². The van der Waals surface area contributed by atoms with E-state index in [1.807, 2.05) is 18.2 Å². The first-order valence-electron chi connectivity index (χ1n) is 9.00. The summed E-state index contributed by atoms with van der Waals surface area (Å²) in [5.74, 6) is -0.310. The summed E-state index contributed by atoms with van der Waals surface area (Å²) in [5.41, 5.74) is 1.74. The predicted molar refractivity (Wildman–Crippen MR) is 105 cm³/mol. The van der Waals surface area contributed by atoms with Crippen LogP contribution < -0.4 is 5.32 Å². The summed E-state index contributed by atoms with van der Waals surface area (Å²) < 4.78 is 6.97. The third-order valence-electron chi connectivity index (χ3n) is 4.62. The largest absolute Gasteiger partial charge is 0.378 e. The summed E-state index contributed by atoms with van der Waals surface area (Å²) >= 11 is 5.89. The molecule has 1 saturated heterocycles. The first-order chi connectivity index (χ1) is 13.6. The number of carbonyl (C=O) groups excluding carboxylic acids is 2. The predicted octanol–water partition coefficient (Wildman–Crippen LogP) is 2.39. The normalized spacial score (nSPS) is 14.2. The average Bonchev–Trinajstić information content (AvgIpc) is 3.13. The van der Waals surface area contributed by atoms with Gasteiger partial charge in [-0.3, -0.25) is 14.0 Å². The van der Waals surface area contributed by atoms with E-state index >= 15 is 0 Å². The van der Waals surface area contributed by atoms with Crippen molar-refractivity contribution in [3.63, 3.8) is 0 Å². The van der Waals surface area contributed by atoms with Gasteiger partial charge in [0.2, 0.25) is 5.82 Å². The fraction of sp³-hybridized carbons (Fsp3) is 0.250. The molecule has 28 heavy (non-hydrogen) atoms. The molecule has 4 rings (SSSR count). The molecule has 0 saturated carbocycles. The number of carbonyl (C=O) groups is 2. The standard InChI is InChI=1S/C20H19ClN4O3/c21-15-6-4-14(5-7-15)13-22-19(26)17-16-3-1-2-8-25(16)18(23-17)20(27)24-9-11-28-12-10-24/h1-8H,9-13H2,(H,22,26). The number of halogens is 1. The fourth-order valence-corrected chi connectivity index (χ4v) is 3.26. The summed E-state index contributed by atoms with van der Waals surface area (Å²) in [6, 6.07) is 12.6. The average molecular weight is 399 g/mol. The fourth-order valence-electron chi connectivity index (χ4n) is 3.13. The lowest BCUT2D eigenvalue weighted by Crippen LogP contribution is -2.41. The minimum absolute atomic E-state index is 0.207. The lowest BCUT2D eigenvalue weighted by atomic mass is 10.2. The molecular formula is C20H19ClN4O3. The van der Waals surface area contributed by atoms with Gasteiger partial charge >= 0.3 is 0 Å². The number of fused-ring (bicyclic) bond motifs is 1. The molecule has 1 aliphatic rings. The van der Waals surface area contributed by atoms with Gasteiger partial charge in [-0.05, 0) is 29.8 Å². The van der Waals surface area contributed by atoms with Crippen LogP contribution in [0, 0.1) is 0 Å². The maximum absolute atomic E-state index is 12.9. The molecular weight excluding hydrogens is 380 g/mol. The van der Waals surface area contributed by atoms with Gasteiger partial charge in [-0.15, -0.1) is 0 Å². The van der Waals surface area contributed by atoms with E-state index in [0.29, 0.717) is 43.4 Å². The third-order valence-corrected chi connectivity index (χ3v) is 4.87. The van der Waals surface area contributed by atoms with Crippen molar-refractivity contribution >= 4 is 28.9 Å². The minimum Gasteiger partial charge on any atom is -0.378 e. The highest BCUT2D eigenvalue weighted by molar-refractivity contribution is 6.30. The van der Waals surface area contributed by atoms with Crippen molar-refractivity contribution in [3.8, 4) is 0 Å². The van der Waals surface area contributed by atoms with Crippen molar-refractivity contribution in [1.29, 1.82) is 0 Å². The van der Waals surface area contributed by atoms with E-state index in [1.165, 1.54) is 0 Å². The lowest BCUT2D eigenvalue weighted by molar-refractivity contribution is 0.0294. The Morgan fingerprint density at radius 3 is 2.61 bits per heavy atom. The van der Waals surface area contributed by atoms with E-state index in [4.69, 9.17) is 16.3 Å². The van der Waals surface area contributed by atoms with E-state index in [2.05, 4.69) is 10.3 Å². The Hall–Kier alpha value is -2.90. The number of hydrogen-bond acceptors (Lipinski definition) is 4. The number of morpholine rings is 1. The quantitative estimate of drug-likeness (QED) is 0.732. The van der Waals surface area contributed by atoms with Crippen LogP contribution in [-0.2, 0) is 11.3 Å². The number of amides is 2. The maximum atomic E-state index is 12.9. The molecule has 1 fully saturated rings. The topological polar surface area (TPSA) is 75.9 Å². The molecule has 144 valence electrons. The molecule has 0 bridgehead atoms. The molecule has 1 N–H and O–H groups in total. The highest BCUT2D eigenvalue weighted by atomic mass is 35.5. The van der Waals surface area contributed by atoms with Crippen molar-refractivity contribution in [2.45, 2.75) is 6.54 Å². The van der Waals surface area contributed by atoms with E-state index < -0.39 is 0 Å². The molecule has 8 heteroatoms. The number of benzene rings is 1. The number of nitrogens with zero attached hydrogens (tertiary/aromatic N) is 3. The van der Waals surface area contributed by atoms with E-state index in [1.54, 1.807) is 39.8 Å². The minimum atomic E-state index is -0.334. The molecule has 3 heterocycles. The molecule has 2 aromatic heterocycles. The Morgan fingerprint density at radius 1 is 1.11 bits per heavy atom. The Kier molecular flexibility index (Phi) is 5.27. The van der Waals surface area contributed by atoms with Gasteiger partial charge in [-0.1, -0.05) is 29.8 Å². The van der Waals surface area contributed by atoms with Crippen LogP contribution >= 0.6 is 11.6 Å². The molecule has 0 spiro atoms. The Bertz CT molecular complexity index is 1010. The number of nitrogens with one attached hydrogen (secondary N) is 1. The summed E-state index contributed by atoms with van der Waals surface area (Å²) in [7, 11) is 0. The summed E-state index contributed by atoms with van der Waals surface area (Å²) in [5, 5.41) is 3.50. The van der Waals surface area contributed by atoms with Gasteiger partial charge < -0.3 is 15.0 Å². The van der Waals surface area contributed by atoms with Crippen LogP contribution in [0.2, 0.25) is 5.02 Å². The smallest absolute Gasteiger partial charge is 0.290 e. The Balaban J connectivity index is 1.59. The van der Waals surface area contributed by atoms with Gasteiger partial charge in [0.1, 0.15) is 0 Å². The van der Waals surface area contributed by atoms with E-state index in [9.17, 15) is 9.59 Å². The third kappa shape index (κ3) is 3.72. The van der Waals surface area contributed by atoms with Crippen LogP contribution in [0.25, 0.3) is 5.52 Å². The van der Waals surface area contributed by atoms with Gasteiger partial charge in [0.25, 0.3) is 11.8 Å². The summed E-state index contributed by atoms with van der Waals surface area (Å²) in [6.07, 6.45) is 1.74. The summed E-state index contributed by atoms with van der Waals surface area (Å²) in [6.45, 7) is 2.37. The molecule has 0 aliphatic carbocycles. The highest BCUT2D eigenvalue weighted by Gasteiger charge is 2.26. The Labute approximate surface area is 166 Å². The second-order valence-corrected chi connectivity index (χ2v) is 6.89. The van der Waals surface area contributed by atoms with Gasteiger partial charge in [0.15, 0.2) is 5.69 Å². The second kappa shape index (κ2) is 8.00. The molecule has 2 amide bonds. The molecule has 3 aromatic rings. The number of imidazole rings is 1. The number of rotatable bonds is 4. The highest BCUT2D eigenvalue weighted by Crippen LogP contribution is 2.16. The monoisotopic (exact) mass is 398 g/mol. The first kappa shape index (κ1) is 18.5. The Morgan fingerprint density at radius 2 is 1.86 bits per heavy atom. The molecule has 0 radical (unpaired) electrons. The van der Waals surface area contributed by atoms with Crippen LogP contribution in [-0.4, -0.2) is 52.4 Å². The number of aromatic nitrogens is 2. The lowest BCUT2D eigenvalue weighted by Gasteiger charge is -2.26. The number of ether oxygens (including phenoxy) is 1. The zero-order chi connectivity index (χ0) is 19.5. The summed E-state index contributed by atoms with van der Waals surface area (Å²) in [4.78, 5) is 31.7. The molecule has 0 unspecified atom stereocenters. The van der Waals surface area contributed by atoms with Crippen molar-refractivity contribution in [3.05, 3.63) is 70.8 Å².